The van der Waals surface area contributed by atoms with Crippen molar-refractivity contribution < 1.29 is 4.79 Å². The molecule has 2 aliphatic rings. The van der Waals surface area contributed by atoms with E-state index in [9.17, 15) is 4.79 Å². The van der Waals surface area contributed by atoms with E-state index in [0.29, 0.717) is 5.92 Å². The molecular formula is C23H29IN4OS. The highest BCUT2D eigenvalue weighted by molar-refractivity contribution is 14.0. The molecule has 0 aromatic heterocycles. The van der Waals surface area contributed by atoms with E-state index in [-0.39, 0.29) is 36.4 Å². The van der Waals surface area contributed by atoms with Gasteiger partial charge in [0, 0.05) is 43.0 Å². The maximum absolute atomic E-state index is 12.8. The summed E-state index contributed by atoms with van der Waals surface area (Å²) in [7, 11) is 1.80. The molecule has 7 heteroatoms. The molecule has 160 valence electrons. The molecule has 0 bridgehead atoms. The maximum atomic E-state index is 12.8. The number of carbonyl (C=O) groups is 1. The van der Waals surface area contributed by atoms with Crippen molar-refractivity contribution in [3.63, 3.8) is 0 Å². The quantitative estimate of drug-likeness (QED) is 0.273. The summed E-state index contributed by atoms with van der Waals surface area (Å²) in [5, 5.41) is 3.29. The van der Waals surface area contributed by atoms with E-state index < -0.39 is 0 Å². The zero-order valence-corrected chi connectivity index (χ0v) is 20.4. The summed E-state index contributed by atoms with van der Waals surface area (Å²) in [6, 6.07) is 18.7. The standard InChI is InChI=1S/C23H28N4OS.HI/c1-24-23(25-15-22(28)27-14-12-19-7-5-6-10-21(19)27)26-13-11-18(16-26)17-29-20-8-3-2-4-9-20;/h2-10,18H,11-17H2,1H3,(H,24,25);1H. The van der Waals surface area contributed by atoms with E-state index in [2.05, 4.69) is 51.6 Å². The SMILES string of the molecule is CN=C(NCC(=O)N1CCc2ccccc21)N1CCC(CSc2ccccc2)C1.I. The van der Waals surface area contributed by atoms with Gasteiger partial charge in [-0.25, -0.2) is 0 Å². The van der Waals surface area contributed by atoms with Crippen LogP contribution in [0.3, 0.4) is 0 Å². The van der Waals surface area contributed by atoms with Gasteiger partial charge in [-0.2, -0.15) is 0 Å². The van der Waals surface area contributed by atoms with Gasteiger partial charge >= 0.3 is 0 Å². The Hall–Kier alpha value is -1.74. The Balaban J connectivity index is 0.00000256. The number of anilines is 1. The molecule has 1 fully saturated rings. The number of fused-ring (bicyclic) bond motifs is 1. The molecule has 4 rings (SSSR count). The lowest BCUT2D eigenvalue weighted by atomic mass is 10.2. The van der Waals surface area contributed by atoms with Gasteiger partial charge in [-0.05, 0) is 42.5 Å². The molecule has 1 N–H and O–H groups in total. The first-order valence-corrected chi connectivity index (χ1v) is 11.2. The first-order valence-electron chi connectivity index (χ1n) is 10.3. The molecule has 2 heterocycles. The van der Waals surface area contributed by atoms with Crippen LogP contribution in [0.15, 0.2) is 64.5 Å². The second kappa shape index (κ2) is 11.0. The summed E-state index contributed by atoms with van der Waals surface area (Å²) in [5.41, 5.74) is 2.30. The number of amides is 1. The summed E-state index contributed by atoms with van der Waals surface area (Å²) in [5.74, 6) is 2.69. The molecule has 0 aliphatic carbocycles. The molecule has 2 aromatic carbocycles. The first-order chi connectivity index (χ1) is 14.2. The highest BCUT2D eigenvalue weighted by Crippen LogP contribution is 2.28. The van der Waals surface area contributed by atoms with Crippen LogP contribution < -0.4 is 10.2 Å². The zero-order chi connectivity index (χ0) is 20.1. The number of carbonyl (C=O) groups excluding carboxylic acids is 1. The Kier molecular flexibility index (Phi) is 8.44. The molecule has 2 aromatic rings. The maximum Gasteiger partial charge on any atom is 0.246 e. The monoisotopic (exact) mass is 536 g/mol. The fraction of sp³-hybridized carbons (Fsp3) is 0.391. The van der Waals surface area contributed by atoms with Crippen LogP contribution in [0, 0.1) is 5.92 Å². The number of benzene rings is 2. The van der Waals surface area contributed by atoms with Crippen molar-refractivity contribution in [2.45, 2.75) is 17.7 Å². The van der Waals surface area contributed by atoms with Crippen molar-refractivity contribution in [1.82, 2.24) is 10.2 Å². The van der Waals surface area contributed by atoms with E-state index >= 15 is 0 Å². The fourth-order valence-corrected chi connectivity index (χ4v) is 5.12. The molecular weight excluding hydrogens is 507 g/mol. The van der Waals surface area contributed by atoms with Crippen molar-refractivity contribution in [3.8, 4) is 0 Å². The van der Waals surface area contributed by atoms with Crippen molar-refractivity contribution in [2.24, 2.45) is 10.9 Å². The molecule has 1 atom stereocenters. The number of likely N-dealkylation sites (tertiary alicyclic amines) is 1. The number of nitrogens with one attached hydrogen (secondary N) is 1. The second-order valence-corrected chi connectivity index (χ2v) is 8.64. The van der Waals surface area contributed by atoms with Gasteiger partial charge in [0.25, 0.3) is 0 Å². The van der Waals surface area contributed by atoms with Crippen LogP contribution in [0.5, 0.6) is 0 Å². The number of nitrogens with zero attached hydrogens (tertiary/aromatic N) is 3. The molecule has 0 saturated carbocycles. The highest BCUT2D eigenvalue weighted by atomic mass is 127. The molecule has 1 saturated heterocycles. The first kappa shape index (κ1) is 22.9. The molecule has 1 unspecified atom stereocenters. The third-order valence-corrected chi connectivity index (χ3v) is 6.86. The van der Waals surface area contributed by atoms with Gasteiger partial charge in [-0.1, -0.05) is 36.4 Å². The number of halogens is 1. The summed E-state index contributed by atoms with van der Waals surface area (Å²) >= 11 is 1.92. The van der Waals surface area contributed by atoms with E-state index in [0.717, 1.165) is 49.9 Å². The van der Waals surface area contributed by atoms with E-state index in [1.54, 1.807) is 7.05 Å². The van der Waals surface area contributed by atoms with Crippen molar-refractivity contribution in [1.29, 1.82) is 0 Å². The minimum atomic E-state index is 0. The van der Waals surface area contributed by atoms with Gasteiger partial charge in [0.05, 0.1) is 6.54 Å². The normalized spacial score (nSPS) is 18.2. The number of guanidine groups is 1. The van der Waals surface area contributed by atoms with Gasteiger partial charge in [0.2, 0.25) is 5.91 Å². The van der Waals surface area contributed by atoms with Gasteiger partial charge in [0.15, 0.2) is 5.96 Å². The second-order valence-electron chi connectivity index (χ2n) is 7.55. The highest BCUT2D eigenvalue weighted by Gasteiger charge is 2.27. The number of hydrogen-bond acceptors (Lipinski definition) is 3. The fourth-order valence-electron chi connectivity index (χ4n) is 4.07. The lowest BCUT2D eigenvalue weighted by Gasteiger charge is -2.23. The van der Waals surface area contributed by atoms with Crippen LogP contribution in [0.2, 0.25) is 0 Å². The van der Waals surface area contributed by atoms with Crippen molar-refractivity contribution >= 4 is 53.3 Å². The third kappa shape index (κ3) is 5.49. The minimum Gasteiger partial charge on any atom is -0.347 e. The number of hydrogen-bond donors (Lipinski definition) is 1. The van der Waals surface area contributed by atoms with Gasteiger partial charge in [0.1, 0.15) is 0 Å². The van der Waals surface area contributed by atoms with Crippen LogP contribution in [-0.4, -0.2) is 55.7 Å². The Morgan fingerprint density at radius 1 is 1.13 bits per heavy atom. The Labute approximate surface area is 200 Å². The topological polar surface area (TPSA) is 47.9 Å². The predicted octanol–water partition coefficient (Wildman–Crippen LogP) is 3.88. The van der Waals surface area contributed by atoms with Crippen molar-refractivity contribution in [3.05, 3.63) is 60.2 Å². The zero-order valence-electron chi connectivity index (χ0n) is 17.3. The molecule has 1 amide bonds. The summed E-state index contributed by atoms with van der Waals surface area (Å²) in [6.07, 6.45) is 2.09. The van der Waals surface area contributed by atoms with Gasteiger partial charge in [-0.3, -0.25) is 9.79 Å². The molecule has 0 spiro atoms. The summed E-state index contributed by atoms with van der Waals surface area (Å²) in [4.78, 5) is 22.7. The van der Waals surface area contributed by atoms with Crippen molar-refractivity contribution in [2.75, 3.05) is 43.9 Å². The summed E-state index contributed by atoms with van der Waals surface area (Å²) < 4.78 is 0. The van der Waals surface area contributed by atoms with Crippen LogP contribution in [-0.2, 0) is 11.2 Å². The predicted molar refractivity (Wildman–Crippen MR) is 136 cm³/mol. The molecule has 0 radical (unpaired) electrons. The Bertz CT molecular complexity index is 877. The van der Waals surface area contributed by atoms with Gasteiger partial charge < -0.3 is 15.1 Å². The van der Waals surface area contributed by atoms with E-state index in [1.807, 2.05) is 34.9 Å². The molecule has 2 aliphatic heterocycles. The van der Waals surface area contributed by atoms with Crippen LogP contribution in [0.4, 0.5) is 5.69 Å². The number of aliphatic imine (C=N–C) groups is 1. The lowest BCUT2D eigenvalue weighted by Crippen LogP contribution is -2.45. The average Bonchev–Trinajstić information content (AvgIpc) is 3.41. The Morgan fingerprint density at radius 2 is 1.90 bits per heavy atom. The average molecular weight is 536 g/mol. The number of thioether (sulfide) groups is 1. The minimum absolute atomic E-state index is 0. The van der Waals surface area contributed by atoms with E-state index in [4.69, 9.17) is 0 Å². The Morgan fingerprint density at radius 3 is 2.70 bits per heavy atom. The van der Waals surface area contributed by atoms with Crippen LogP contribution in [0.1, 0.15) is 12.0 Å². The van der Waals surface area contributed by atoms with Crippen LogP contribution >= 0.6 is 35.7 Å². The number of rotatable bonds is 5. The molecule has 5 nitrogen and oxygen atoms in total. The largest absolute Gasteiger partial charge is 0.347 e. The summed E-state index contributed by atoms with van der Waals surface area (Å²) in [6.45, 7) is 3.02. The lowest BCUT2D eigenvalue weighted by molar-refractivity contribution is -0.117. The number of para-hydroxylation sites is 1. The van der Waals surface area contributed by atoms with Crippen LogP contribution in [0.25, 0.3) is 0 Å². The third-order valence-electron chi connectivity index (χ3n) is 5.61. The smallest absolute Gasteiger partial charge is 0.246 e. The van der Waals surface area contributed by atoms with E-state index in [1.165, 1.54) is 10.5 Å². The van der Waals surface area contributed by atoms with Gasteiger partial charge in [-0.15, -0.1) is 35.7 Å². The molecule has 30 heavy (non-hydrogen) atoms.